The molecule has 1 aliphatic carbocycles. The molecule has 0 bridgehead atoms. The van der Waals surface area contributed by atoms with E-state index in [0.29, 0.717) is 19.4 Å². The maximum atomic E-state index is 13.0. The van der Waals surface area contributed by atoms with Crippen LogP contribution in [0.2, 0.25) is 0 Å². The molecule has 2 aliphatic rings. The summed E-state index contributed by atoms with van der Waals surface area (Å²) in [6, 6.07) is 15.2. The van der Waals surface area contributed by atoms with E-state index in [-0.39, 0.29) is 18.4 Å². The number of hydrogen-bond acceptors (Lipinski definition) is 3. The molecule has 1 heterocycles. The fraction of sp³-hybridized carbons (Fsp3) is 0.318. The Morgan fingerprint density at radius 2 is 1.89 bits per heavy atom. The fourth-order valence-corrected chi connectivity index (χ4v) is 4.16. The number of urea groups is 1. The van der Waals surface area contributed by atoms with Gasteiger partial charge in [0.25, 0.3) is 5.91 Å². The summed E-state index contributed by atoms with van der Waals surface area (Å²) in [6.45, 7) is 2.23. The summed E-state index contributed by atoms with van der Waals surface area (Å²) in [4.78, 5) is 38.8. The maximum absolute atomic E-state index is 13.0. The second kappa shape index (κ2) is 7.11. The number of nitrogens with one attached hydrogen (secondary N) is 2. The Hall–Kier alpha value is -3.15. The third kappa shape index (κ3) is 3.05. The zero-order chi connectivity index (χ0) is 19.7. The van der Waals surface area contributed by atoms with E-state index in [1.807, 2.05) is 55.5 Å². The first-order valence-corrected chi connectivity index (χ1v) is 9.55. The van der Waals surface area contributed by atoms with Crippen LogP contribution in [0.15, 0.2) is 48.5 Å². The predicted molar refractivity (Wildman–Crippen MR) is 105 cm³/mol. The molecule has 2 N–H and O–H groups in total. The molecule has 1 aliphatic heterocycles. The Bertz CT molecular complexity index is 956. The average molecular weight is 377 g/mol. The van der Waals surface area contributed by atoms with Gasteiger partial charge in [0.2, 0.25) is 5.91 Å². The lowest BCUT2D eigenvalue weighted by Crippen LogP contribution is -2.44. The molecule has 2 aromatic rings. The smallest absolute Gasteiger partial charge is 0.325 e. The lowest BCUT2D eigenvalue weighted by Gasteiger charge is -2.22. The van der Waals surface area contributed by atoms with Crippen molar-refractivity contribution in [3.63, 3.8) is 0 Å². The van der Waals surface area contributed by atoms with Crippen molar-refractivity contribution < 1.29 is 14.4 Å². The van der Waals surface area contributed by atoms with Gasteiger partial charge in [-0.15, -0.1) is 0 Å². The molecule has 144 valence electrons. The van der Waals surface area contributed by atoms with Gasteiger partial charge in [-0.25, -0.2) is 4.79 Å². The third-order valence-corrected chi connectivity index (χ3v) is 5.70. The SMILES string of the molecule is Cc1ccccc1CCNC(=O)CN1C(=O)N[C@]2(CCc3ccccc32)C1=O. The number of aryl methyl sites for hydroxylation is 2. The van der Waals surface area contributed by atoms with Crippen LogP contribution in [0.1, 0.15) is 28.7 Å². The minimum atomic E-state index is -1.02. The van der Waals surface area contributed by atoms with Gasteiger partial charge >= 0.3 is 6.03 Å². The van der Waals surface area contributed by atoms with E-state index < -0.39 is 11.6 Å². The first-order valence-electron chi connectivity index (χ1n) is 9.55. The molecule has 0 aromatic heterocycles. The number of carbonyl (C=O) groups is 3. The lowest BCUT2D eigenvalue weighted by atomic mass is 9.92. The van der Waals surface area contributed by atoms with Gasteiger partial charge in [0.05, 0.1) is 0 Å². The Morgan fingerprint density at radius 3 is 2.71 bits per heavy atom. The molecular weight excluding hydrogens is 354 g/mol. The van der Waals surface area contributed by atoms with Crippen LogP contribution >= 0.6 is 0 Å². The Balaban J connectivity index is 1.39. The largest absolute Gasteiger partial charge is 0.354 e. The van der Waals surface area contributed by atoms with Gasteiger partial charge < -0.3 is 10.6 Å². The number of hydrogen-bond donors (Lipinski definition) is 2. The summed E-state index contributed by atoms with van der Waals surface area (Å²) in [7, 11) is 0. The van der Waals surface area contributed by atoms with Crippen molar-refractivity contribution in [1.82, 2.24) is 15.5 Å². The summed E-state index contributed by atoms with van der Waals surface area (Å²) in [6.07, 6.45) is 1.97. The van der Waals surface area contributed by atoms with E-state index >= 15 is 0 Å². The van der Waals surface area contributed by atoms with Crippen LogP contribution in [-0.4, -0.2) is 35.8 Å². The zero-order valence-electron chi connectivity index (χ0n) is 15.8. The van der Waals surface area contributed by atoms with E-state index in [4.69, 9.17) is 0 Å². The number of fused-ring (bicyclic) bond motifs is 2. The van der Waals surface area contributed by atoms with Crippen LogP contribution in [-0.2, 0) is 28.0 Å². The number of rotatable bonds is 5. The number of benzene rings is 2. The van der Waals surface area contributed by atoms with Crippen LogP contribution in [0.3, 0.4) is 0 Å². The Labute approximate surface area is 163 Å². The zero-order valence-corrected chi connectivity index (χ0v) is 15.8. The van der Waals surface area contributed by atoms with Crippen molar-refractivity contribution in [2.75, 3.05) is 13.1 Å². The molecule has 2 aromatic carbocycles. The van der Waals surface area contributed by atoms with Crippen LogP contribution < -0.4 is 10.6 Å². The van der Waals surface area contributed by atoms with Gasteiger partial charge in [-0.2, -0.15) is 0 Å². The van der Waals surface area contributed by atoms with Gasteiger partial charge in [-0.1, -0.05) is 48.5 Å². The highest BCUT2D eigenvalue weighted by molar-refractivity contribution is 6.09. The maximum Gasteiger partial charge on any atom is 0.325 e. The number of imide groups is 1. The Morgan fingerprint density at radius 1 is 1.14 bits per heavy atom. The molecule has 1 saturated heterocycles. The molecule has 0 saturated carbocycles. The molecule has 28 heavy (non-hydrogen) atoms. The third-order valence-electron chi connectivity index (χ3n) is 5.70. The monoisotopic (exact) mass is 377 g/mol. The summed E-state index contributed by atoms with van der Waals surface area (Å²) in [5, 5.41) is 5.65. The van der Waals surface area contributed by atoms with E-state index in [0.717, 1.165) is 22.4 Å². The average Bonchev–Trinajstić information content (AvgIpc) is 3.17. The lowest BCUT2D eigenvalue weighted by molar-refractivity contribution is -0.135. The first kappa shape index (κ1) is 18.2. The highest BCUT2D eigenvalue weighted by Crippen LogP contribution is 2.41. The van der Waals surface area contributed by atoms with Gasteiger partial charge in [0.15, 0.2) is 0 Å². The van der Waals surface area contributed by atoms with Crippen LogP contribution in [0.25, 0.3) is 0 Å². The standard InChI is InChI=1S/C22H23N3O3/c1-15-6-2-3-7-16(15)11-13-23-19(26)14-25-20(27)22(24-21(25)28)12-10-17-8-4-5-9-18(17)22/h2-9H,10-14H2,1H3,(H,23,26)(H,24,28)/t22-/m0/s1. The normalized spacial score (nSPS) is 20.4. The van der Waals surface area contributed by atoms with E-state index in [1.54, 1.807) is 0 Å². The van der Waals surface area contributed by atoms with Gasteiger partial charge in [0.1, 0.15) is 12.1 Å². The fourth-order valence-electron chi connectivity index (χ4n) is 4.16. The molecule has 4 rings (SSSR count). The Kier molecular flexibility index (Phi) is 4.63. The molecule has 6 nitrogen and oxygen atoms in total. The van der Waals surface area contributed by atoms with Crippen LogP contribution in [0, 0.1) is 6.92 Å². The molecule has 4 amide bonds. The molecular formula is C22H23N3O3. The topological polar surface area (TPSA) is 78.5 Å². The van der Waals surface area contributed by atoms with Crippen molar-refractivity contribution in [1.29, 1.82) is 0 Å². The highest BCUT2D eigenvalue weighted by Gasteiger charge is 2.55. The van der Waals surface area contributed by atoms with E-state index in [9.17, 15) is 14.4 Å². The molecule has 0 unspecified atom stereocenters. The number of carbonyl (C=O) groups excluding carboxylic acids is 3. The second-order valence-corrected chi connectivity index (χ2v) is 7.41. The quantitative estimate of drug-likeness (QED) is 0.783. The second-order valence-electron chi connectivity index (χ2n) is 7.41. The molecule has 1 fully saturated rings. The molecule has 1 atom stereocenters. The van der Waals surface area contributed by atoms with Crippen LogP contribution in [0.5, 0.6) is 0 Å². The predicted octanol–water partition coefficient (Wildman–Crippen LogP) is 2.05. The molecule has 0 radical (unpaired) electrons. The molecule has 6 heteroatoms. The van der Waals surface area contributed by atoms with Crippen molar-refractivity contribution in [2.24, 2.45) is 0 Å². The van der Waals surface area contributed by atoms with Crippen LogP contribution in [0.4, 0.5) is 4.79 Å². The summed E-state index contributed by atoms with van der Waals surface area (Å²) in [5.41, 5.74) is 3.23. The van der Waals surface area contributed by atoms with Gasteiger partial charge in [-0.3, -0.25) is 14.5 Å². The van der Waals surface area contributed by atoms with Crippen molar-refractivity contribution in [3.8, 4) is 0 Å². The molecule has 1 spiro atoms. The number of amides is 4. The summed E-state index contributed by atoms with van der Waals surface area (Å²) in [5.74, 6) is -0.670. The minimum Gasteiger partial charge on any atom is -0.354 e. The van der Waals surface area contributed by atoms with Crippen molar-refractivity contribution in [3.05, 3.63) is 70.8 Å². The first-order chi connectivity index (χ1) is 13.5. The van der Waals surface area contributed by atoms with Gasteiger partial charge in [0, 0.05) is 6.54 Å². The highest BCUT2D eigenvalue weighted by atomic mass is 16.2. The van der Waals surface area contributed by atoms with Crippen molar-refractivity contribution in [2.45, 2.75) is 31.7 Å². The summed E-state index contributed by atoms with van der Waals surface area (Å²) < 4.78 is 0. The van der Waals surface area contributed by atoms with Crippen molar-refractivity contribution >= 4 is 17.8 Å². The minimum absolute atomic E-state index is 0.262. The summed E-state index contributed by atoms with van der Waals surface area (Å²) >= 11 is 0. The van der Waals surface area contributed by atoms with E-state index in [1.165, 1.54) is 11.1 Å². The number of nitrogens with zero attached hydrogens (tertiary/aromatic N) is 1. The van der Waals surface area contributed by atoms with E-state index in [2.05, 4.69) is 10.6 Å². The van der Waals surface area contributed by atoms with Gasteiger partial charge in [-0.05, 0) is 48.4 Å².